The molecule has 0 saturated carbocycles. The van der Waals surface area contributed by atoms with Crippen LogP contribution in [0, 0.1) is 11.2 Å². The first kappa shape index (κ1) is 26.3. The van der Waals surface area contributed by atoms with E-state index in [2.05, 4.69) is 0 Å². The van der Waals surface area contributed by atoms with Crippen molar-refractivity contribution in [2.24, 2.45) is 5.92 Å². The maximum atomic E-state index is 12.9. The predicted molar refractivity (Wildman–Crippen MR) is 78.5 cm³/mol. The van der Waals surface area contributed by atoms with Gasteiger partial charge in [-0.3, -0.25) is 0 Å². The first-order valence-electron chi connectivity index (χ1n) is 6.71. The minimum absolute atomic E-state index is 0.507. The molecule has 1 aliphatic carbocycles. The molecule has 0 radical (unpaired) electrons. The molecule has 30 heavy (non-hydrogen) atoms. The Hall–Kier alpha value is -1.76. The average Bonchev–Trinajstić information content (AvgIpc) is 2.51. The second kappa shape index (κ2) is 7.43. The van der Waals surface area contributed by atoms with Crippen LogP contribution in [0.2, 0.25) is 0 Å². The van der Waals surface area contributed by atoms with Gasteiger partial charge in [0.15, 0.2) is 0 Å². The summed E-state index contributed by atoms with van der Waals surface area (Å²) in [4.78, 5) is 5.66. The van der Waals surface area contributed by atoms with Crippen molar-refractivity contribution >= 4 is 35.8 Å². The Morgan fingerprint density at radius 3 is 1.30 bits per heavy atom. The standard InChI is InChI=1S/C11H6F9O7S3/c12-9(13,14)28(22,23)5-3-7(29(24,25)10(15,16)17)6(1-2-21)8(4-5)30(26,27)11(18,19)20/h2-4,6H,1H2/q-1. The topological polar surface area (TPSA) is 119 Å². The van der Waals surface area contributed by atoms with Crippen molar-refractivity contribution in [2.75, 3.05) is 0 Å². The Bertz CT molecular complexity index is 1030. The van der Waals surface area contributed by atoms with E-state index in [9.17, 15) is 69.6 Å². The van der Waals surface area contributed by atoms with Gasteiger partial charge < -0.3 is 4.79 Å². The lowest BCUT2D eigenvalue weighted by Crippen LogP contribution is -2.38. The zero-order valence-electron chi connectivity index (χ0n) is 13.5. The normalized spacial score (nSPS) is 18.1. The molecule has 0 fully saturated rings. The van der Waals surface area contributed by atoms with E-state index in [0.29, 0.717) is 0 Å². The lowest BCUT2D eigenvalue weighted by Gasteiger charge is -2.36. The van der Waals surface area contributed by atoms with Crippen molar-refractivity contribution in [1.82, 2.24) is 0 Å². The van der Waals surface area contributed by atoms with Crippen molar-refractivity contribution < 1.29 is 69.6 Å². The predicted octanol–water partition coefficient (Wildman–Crippen LogP) is 2.31. The number of aldehydes is 1. The number of carbonyl (C=O) groups excluding carboxylic acids is 1. The second-order valence-electron chi connectivity index (χ2n) is 5.30. The monoisotopic (exact) mass is 517 g/mol. The third kappa shape index (κ3) is 4.32. The molecule has 0 amide bonds. The third-order valence-electron chi connectivity index (χ3n) is 3.43. The molecule has 0 atom stereocenters. The molecule has 0 spiro atoms. The Kier molecular flexibility index (Phi) is 6.51. The molecule has 0 aliphatic heterocycles. The highest BCUT2D eigenvalue weighted by Gasteiger charge is 2.54. The lowest BCUT2D eigenvalue weighted by atomic mass is 9.99. The number of halogens is 9. The highest BCUT2D eigenvalue weighted by atomic mass is 32.2. The Morgan fingerprint density at radius 2 is 1.07 bits per heavy atom. The van der Waals surface area contributed by atoms with E-state index >= 15 is 0 Å². The zero-order valence-corrected chi connectivity index (χ0v) is 16.0. The van der Waals surface area contributed by atoms with E-state index in [4.69, 9.17) is 0 Å². The van der Waals surface area contributed by atoms with Gasteiger partial charge in [0, 0.05) is 0 Å². The largest absolute Gasteiger partial charge is 0.490 e. The van der Waals surface area contributed by atoms with Crippen LogP contribution in [0.3, 0.4) is 0 Å². The molecular weight excluding hydrogens is 511 g/mol. The van der Waals surface area contributed by atoms with E-state index in [-0.39, 0.29) is 0 Å². The van der Waals surface area contributed by atoms with Crippen molar-refractivity contribution in [3.8, 4) is 0 Å². The number of carbonyl (C=O) groups is 1. The van der Waals surface area contributed by atoms with Crippen LogP contribution in [0.5, 0.6) is 0 Å². The number of sulfone groups is 3. The molecule has 0 N–H and O–H groups in total. The van der Waals surface area contributed by atoms with Gasteiger partial charge in [-0.05, 0) is 21.5 Å². The van der Waals surface area contributed by atoms with Crippen molar-refractivity contribution in [3.05, 3.63) is 27.2 Å². The van der Waals surface area contributed by atoms with Crippen LogP contribution in [-0.4, -0.2) is 48.1 Å². The first-order chi connectivity index (χ1) is 13.0. The third-order valence-corrected chi connectivity index (χ3v) is 8.16. The van der Waals surface area contributed by atoms with Gasteiger partial charge in [0.2, 0.25) is 29.5 Å². The van der Waals surface area contributed by atoms with E-state index in [1.165, 1.54) is 0 Å². The average molecular weight is 517 g/mol. The summed E-state index contributed by atoms with van der Waals surface area (Å²) in [6, 6.07) is 0. The van der Waals surface area contributed by atoms with Gasteiger partial charge in [0.25, 0.3) is 0 Å². The van der Waals surface area contributed by atoms with Crippen LogP contribution >= 0.6 is 0 Å². The number of alkyl halides is 9. The molecule has 7 nitrogen and oxygen atoms in total. The summed E-state index contributed by atoms with van der Waals surface area (Å²) >= 11 is 0. The maximum Gasteiger partial charge on any atom is 0.490 e. The van der Waals surface area contributed by atoms with E-state index in [1.54, 1.807) is 0 Å². The van der Waals surface area contributed by atoms with Gasteiger partial charge in [-0.2, -0.15) is 39.5 Å². The van der Waals surface area contributed by atoms with Gasteiger partial charge in [-0.15, -0.1) is 12.2 Å². The summed E-state index contributed by atoms with van der Waals surface area (Å²) < 4.78 is 185. The Morgan fingerprint density at radius 1 is 0.733 bits per heavy atom. The smallest absolute Gasteiger partial charge is 0.303 e. The molecule has 1 rings (SSSR count). The molecule has 0 unspecified atom stereocenters. The molecule has 1 aliphatic rings. The first-order valence-corrected chi connectivity index (χ1v) is 11.2. The zero-order chi connectivity index (χ0) is 24.1. The van der Waals surface area contributed by atoms with Crippen molar-refractivity contribution in [2.45, 2.75) is 22.9 Å². The van der Waals surface area contributed by atoms with Gasteiger partial charge in [-0.25, -0.2) is 25.3 Å². The molecule has 0 aromatic rings. The molecular formula is C11H6F9O7S3-. The van der Waals surface area contributed by atoms with Gasteiger partial charge >= 0.3 is 16.5 Å². The molecule has 0 aromatic carbocycles. The summed E-state index contributed by atoms with van der Waals surface area (Å²) in [7, 11) is -20.5. The number of allylic oxidation sites excluding steroid dienone is 2. The van der Waals surface area contributed by atoms with Crippen LogP contribution in [0.4, 0.5) is 39.5 Å². The van der Waals surface area contributed by atoms with Crippen LogP contribution in [-0.2, 0) is 34.3 Å². The fraction of sp³-hybridized carbons (Fsp3) is 0.455. The highest BCUT2D eigenvalue weighted by molar-refractivity contribution is 7.98. The van der Waals surface area contributed by atoms with Crippen molar-refractivity contribution in [1.29, 1.82) is 0 Å². The quantitative estimate of drug-likeness (QED) is 0.312. The Labute approximate surface area is 162 Å². The van der Waals surface area contributed by atoms with Crippen LogP contribution in [0.15, 0.2) is 22.0 Å². The van der Waals surface area contributed by atoms with Gasteiger partial charge in [0.1, 0.15) is 6.29 Å². The summed E-state index contributed by atoms with van der Waals surface area (Å²) in [5.41, 5.74) is -19.1. The van der Waals surface area contributed by atoms with E-state index in [1.807, 2.05) is 0 Å². The van der Waals surface area contributed by atoms with Gasteiger partial charge in [0.05, 0.1) is 0 Å². The van der Waals surface area contributed by atoms with Gasteiger partial charge in [-0.1, -0.05) is 5.92 Å². The molecule has 174 valence electrons. The van der Waals surface area contributed by atoms with E-state index in [0.717, 1.165) is 0 Å². The van der Waals surface area contributed by atoms with Crippen molar-refractivity contribution in [3.63, 3.8) is 0 Å². The molecule has 0 bridgehead atoms. The van der Waals surface area contributed by atoms with Crippen LogP contribution in [0.25, 0.3) is 0 Å². The van der Waals surface area contributed by atoms with E-state index < -0.39 is 91.9 Å². The minimum Gasteiger partial charge on any atom is -0.303 e. The summed E-state index contributed by atoms with van der Waals surface area (Å²) in [6.45, 7) is 0. The molecule has 0 heterocycles. The summed E-state index contributed by atoms with van der Waals surface area (Å²) in [5.74, 6) is -3.09. The summed E-state index contributed by atoms with van der Waals surface area (Å²) in [6.07, 6.45) is -3.75. The molecule has 0 saturated heterocycles. The summed E-state index contributed by atoms with van der Waals surface area (Å²) in [5, 5.41) is -2.51. The number of hydrogen-bond donors (Lipinski definition) is 0. The lowest BCUT2D eigenvalue weighted by molar-refractivity contribution is -0.108. The van der Waals surface area contributed by atoms with Crippen LogP contribution in [0.1, 0.15) is 6.42 Å². The maximum absolute atomic E-state index is 12.9. The molecule has 0 aromatic heterocycles. The number of rotatable bonds is 5. The van der Waals surface area contributed by atoms with Crippen LogP contribution < -0.4 is 0 Å². The highest BCUT2D eigenvalue weighted by Crippen LogP contribution is 2.48. The fourth-order valence-corrected chi connectivity index (χ4v) is 5.43. The molecule has 19 heteroatoms. The Balaban J connectivity index is 4.09. The fourth-order valence-electron chi connectivity index (χ4n) is 2.08. The second-order valence-corrected chi connectivity index (χ2v) is 11.1. The minimum atomic E-state index is -6.87. The SMILES string of the molecule is O=CCC1C(S(=O)(=O)C(F)(F)F)=C[C-](S(=O)(=O)C(F)(F)F)C=C1S(=O)(=O)C(F)(F)F. The number of hydrogen-bond acceptors (Lipinski definition) is 7.